The second-order valence-electron chi connectivity index (χ2n) is 7.01. The Bertz CT molecular complexity index is 381. The zero-order valence-electron chi connectivity index (χ0n) is 14.5. The topological polar surface area (TPSA) is 29.1 Å². The zero-order chi connectivity index (χ0) is 15.8. The molecule has 0 heterocycles. The molecule has 2 nitrogen and oxygen atoms in total. The summed E-state index contributed by atoms with van der Waals surface area (Å²) < 4.78 is 0. The highest BCUT2D eigenvalue weighted by molar-refractivity contribution is 5.79. The lowest BCUT2D eigenvalue weighted by atomic mass is 9.70. The Hall–Kier alpha value is -1.05. The van der Waals surface area contributed by atoms with Gasteiger partial charge in [0.25, 0.3) is 0 Å². The third-order valence-corrected chi connectivity index (χ3v) is 4.75. The molecule has 1 fully saturated rings. The van der Waals surface area contributed by atoms with Crippen LogP contribution in [0.25, 0.3) is 0 Å². The van der Waals surface area contributed by atoms with Crippen molar-refractivity contribution < 1.29 is 4.79 Å². The highest BCUT2D eigenvalue weighted by Crippen LogP contribution is 2.38. The molecule has 1 saturated carbocycles. The van der Waals surface area contributed by atoms with E-state index in [0.29, 0.717) is 17.8 Å². The van der Waals surface area contributed by atoms with Crippen molar-refractivity contribution in [3.05, 3.63) is 23.8 Å². The number of carbonyl (C=O) groups is 1. The fraction of sp³-hybridized carbons (Fsp3) is 0.737. The average molecular weight is 291 g/mol. The summed E-state index contributed by atoms with van der Waals surface area (Å²) in [5.41, 5.74) is 1.31. The van der Waals surface area contributed by atoms with E-state index in [1.807, 2.05) is 13.0 Å². The Morgan fingerprint density at radius 2 is 2.05 bits per heavy atom. The zero-order valence-corrected chi connectivity index (χ0v) is 14.5. The van der Waals surface area contributed by atoms with Gasteiger partial charge in [0, 0.05) is 12.5 Å². The lowest BCUT2D eigenvalue weighted by Crippen LogP contribution is -2.40. The van der Waals surface area contributed by atoms with Crippen molar-refractivity contribution in [2.24, 2.45) is 23.7 Å². The molecule has 21 heavy (non-hydrogen) atoms. The van der Waals surface area contributed by atoms with Crippen LogP contribution < -0.4 is 5.32 Å². The largest absolute Gasteiger partial charge is 0.356 e. The Morgan fingerprint density at radius 3 is 2.67 bits per heavy atom. The number of carbonyl (C=O) groups excluding carboxylic acids is 1. The van der Waals surface area contributed by atoms with E-state index in [4.69, 9.17) is 0 Å². The molecule has 1 unspecified atom stereocenters. The molecule has 0 saturated heterocycles. The maximum atomic E-state index is 12.5. The first kappa shape index (κ1) is 18.0. The van der Waals surface area contributed by atoms with E-state index in [9.17, 15) is 4.79 Å². The van der Waals surface area contributed by atoms with E-state index < -0.39 is 0 Å². The van der Waals surface area contributed by atoms with E-state index in [0.717, 1.165) is 19.4 Å². The van der Waals surface area contributed by atoms with E-state index in [1.54, 1.807) is 0 Å². The van der Waals surface area contributed by atoms with Gasteiger partial charge in [0.2, 0.25) is 5.91 Å². The van der Waals surface area contributed by atoms with E-state index in [2.05, 4.69) is 45.2 Å². The second-order valence-corrected chi connectivity index (χ2v) is 7.01. The minimum absolute atomic E-state index is 0.216. The molecule has 1 aliphatic rings. The van der Waals surface area contributed by atoms with Gasteiger partial charge in [-0.1, -0.05) is 51.0 Å². The van der Waals surface area contributed by atoms with Crippen LogP contribution in [0, 0.1) is 23.7 Å². The number of nitrogens with one attached hydrogen (secondary N) is 1. The smallest absolute Gasteiger partial charge is 0.223 e. The van der Waals surface area contributed by atoms with Gasteiger partial charge in [-0.15, -0.1) is 0 Å². The van der Waals surface area contributed by atoms with Crippen LogP contribution in [0.15, 0.2) is 23.8 Å². The fourth-order valence-corrected chi connectivity index (χ4v) is 3.36. The maximum Gasteiger partial charge on any atom is 0.223 e. The molecule has 0 aromatic rings. The lowest BCUT2D eigenvalue weighted by Gasteiger charge is -2.36. The van der Waals surface area contributed by atoms with Gasteiger partial charge in [-0.3, -0.25) is 4.79 Å². The van der Waals surface area contributed by atoms with Gasteiger partial charge in [-0.25, -0.2) is 0 Å². The first-order valence-electron chi connectivity index (χ1n) is 8.51. The predicted octanol–water partition coefficient (Wildman–Crippen LogP) is 4.72. The molecule has 1 N–H and O–H groups in total. The van der Waals surface area contributed by atoms with Gasteiger partial charge in [0.05, 0.1) is 0 Å². The number of hydrogen-bond donors (Lipinski definition) is 1. The third-order valence-electron chi connectivity index (χ3n) is 4.75. The summed E-state index contributed by atoms with van der Waals surface area (Å²) in [6.45, 7) is 11.7. The summed E-state index contributed by atoms with van der Waals surface area (Å²) in [5, 5.41) is 3.16. The van der Waals surface area contributed by atoms with Crippen LogP contribution in [-0.4, -0.2) is 12.5 Å². The Kier molecular flexibility index (Phi) is 7.77. The first-order valence-corrected chi connectivity index (χ1v) is 8.51. The maximum absolute atomic E-state index is 12.5. The van der Waals surface area contributed by atoms with Crippen LogP contribution in [0.3, 0.4) is 0 Å². The van der Waals surface area contributed by atoms with Gasteiger partial charge >= 0.3 is 0 Å². The van der Waals surface area contributed by atoms with Gasteiger partial charge in [-0.05, 0) is 50.9 Å². The van der Waals surface area contributed by atoms with Crippen LogP contribution in [-0.2, 0) is 4.79 Å². The van der Waals surface area contributed by atoms with Gasteiger partial charge in [0.1, 0.15) is 0 Å². The third kappa shape index (κ3) is 6.07. The minimum atomic E-state index is 0.216. The van der Waals surface area contributed by atoms with Crippen LogP contribution in [0.4, 0.5) is 0 Å². The second kappa shape index (κ2) is 9.07. The van der Waals surface area contributed by atoms with Crippen LogP contribution >= 0.6 is 0 Å². The van der Waals surface area contributed by atoms with E-state index >= 15 is 0 Å². The standard InChI is InChI=1S/C19H33NO/c1-6-7-8-15(4)11-12-20-19(21)18-13-16(5)9-10-17(18)14(2)3/h6-8,14,16-18H,9-13H2,1-5H3,(H,20,21)/b7-6-,15-8+/t16-,17+,18?/m1/s1. The van der Waals surface area contributed by atoms with Crippen molar-refractivity contribution in [2.45, 2.75) is 60.3 Å². The number of amides is 1. The molecule has 0 aromatic heterocycles. The molecule has 1 aliphatic carbocycles. The molecule has 0 bridgehead atoms. The van der Waals surface area contributed by atoms with Crippen LogP contribution in [0.2, 0.25) is 0 Å². The molecule has 1 rings (SSSR count). The molecule has 0 radical (unpaired) electrons. The van der Waals surface area contributed by atoms with Crippen molar-refractivity contribution in [2.75, 3.05) is 6.54 Å². The molecule has 0 spiro atoms. The molecule has 2 heteroatoms. The first-order chi connectivity index (χ1) is 9.95. The molecule has 120 valence electrons. The quantitative estimate of drug-likeness (QED) is 0.705. The van der Waals surface area contributed by atoms with E-state index in [1.165, 1.54) is 18.4 Å². The highest BCUT2D eigenvalue weighted by atomic mass is 16.1. The van der Waals surface area contributed by atoms with Crippen molar-refractivity contribution in [3.63, 3.8) is 0 Å². The lowest BCUT2D eigenvalue weighted by molar-refractivity contribution is -0.129. The molecule has 0 aliphatic heterocycles. The highest BCUT2D eigenvalue weighted by Gasteiger charge is 2.35. The van der Waals surface area contributed by atoms with Gasteiger partial charge in [0.15, 0.2) is 0 Å². The molecule has 0 aromatic carbocycles. The number of hydrogen-bond acceptors (Lipinski definition) is 1. The monoisotopic (exact) mass is 291 g/mol. The molecular formula is C19H33NO. The summed E-state index contributed by atoms with van der Waals surface area (Å²) in [6.07, 6.45) is 10.7. The number of rotatable bonds is 6. The number of allylic oxidation sites excluding steroid dienone is 3. The summed E-state index contributed by atoms with van der Waals surface area (Å²) in [6, 6.07) is 0. The van der Waals surface area contributed by atoms with Gasteiger partial charge < -0.3 is 5.32 Å². The van der Waals surface area contributed by atoms with Crippen molar-refractivity contribution in [1.29, 1.82) is 0 Å². The molecular weight excluding hydrogens is 258 g/mol. The predicted molar refractivity (Wildman–Crippen MR) is 91.0 cm³/mol. The SMILES string of the molecule is C/C=C\C=C(/C)CCNC(=O)C1C[C@H](C)CC[C@H]1C(C)C. The average Bonchev–Trinajstić information content (AvgIpc) is 2.44. The van der Waals surface area contributed by atoms with Crippen molar-refractivity contribution in [1.82, 2.24) is 5.32 Å². The van der Waals surface area contributed by atoms with Gasteiger partial charge in [-0.2, -0.15) is 0 Å². The normalized spacial score (nSPS) is 27.3. The van der Waals surface area contributed by atoms with Crippen LogP contribution in [0.5, 0.6) is 0 Å². The summed E-state index contributed by atoms with van der Waals surface area (Å²) >= 11 is 0. The van der Waals surface area contributed by atoms with Crippen LogP contribution in [0.1, 0.15) is 60.3 Å². The van der Waals surface area contributed by atoms with Crippen molar-refractivity contribution in [3.8, 4) is 0 Å². The Balaban J connectivity index is 2.48. The van der Waals surface area contributed by atoms with E-state index in [-0.39, 0.29) is 11.8 Å². The fourth-order valence-electron chi connectivity index (χ4n) is 3.36. The minimum Gasteiger partial charge on any atom is -0.356 e. The molecule has 3 atom stereocenters. The summed E-state index contributed by atoms with van der Waals surface area (Å²) in [7, 11) is 0. The molecule has 1 amide bonds. The Morgan fingerprint density at radius 1 is 1.33 bits per heavy atom. The summed E-state index contributed by atoms with van der Waals surface area (Å²) in [4.78, 5) is 12.5. The van der Waals surface area contributed by atoms with Crippen molar-refractivity contribution >= 4 is 5.91 Å². The summed E-state index contributed by atoms with van der Waals surface area (Å²) in [5.74, 6) is 2.34. The Labute approximate surface area is 131 Å².